The maximum Gasteiger partial charge on any atom is 0.0649 e. The normalized spacial score (nSPS) is 11.0. The van der Waals surface area contributed by atoms with Gasteiger partial charge in [0.15, 0.2) is 0 Å². The van der Waals surface area contributed by atoms with Crippen LogP contribution in [0, 0.1) is 13.8 Å². The number of nitrogens with zero attached hydrogens (tertiary/aromatic N) is 2. The van der Waals surface area contributed by atoms with E-state index >= 15 is 0 Å². The zero-order valence-corrected chi connectivity index (χ0v) is 13.2. The maximum atomic E-state index is 5.94. The molecule has 1 N–H and O–H groups in total. The summed E-state index contributed by atoms with van der Waals surface area (Å²) in [5.74, 6) is 0. The topological polar surface area (TPSA) is 29.9 Å². The van der Waals surface area contributed by atoms with Gasteiger partial charge in [-0.05, 0) is 69.6 Å². The summed E-state index contributed by atoms with van der Waals surface area (Å²) >= 11 is 5.94. The van der Waals surface area contributed by atoms with Crippen molar-refractivity contribution in [1.29, 1.82) is 0 Å². The fourth-order valence-electron chi connectivity index (χ4n) is 2.39. The van der Waals surface area contributed by atoms with E-state index in [9.17, 15) is 0 Å². The smallest absolute Gasteiger partial charge is 0.0649 e. The van der Waals surface area contributed by atoms with Crippen molar-refractivity contribution < 1.29 is 0 Å². The highest BCUT2D eigenvalue weighted by Crippen LogP contribution is 2.19. The zero-order valence-electron chi connectivity index (χ0n) is 12.4. The van der Waals surface area contributed by atoms with Gasteiger partial charge in [0.1, 0.15) is 0 Å². The molecule has 2 rings (SSSR count). The highest BCUT2D eigenvalue weighted by Gasteiger charge is 2.12. The van der Waals surface area contributed by atoms with E-state index in [0.717, 1.165) is 35.9 Å². The molecule has 0 fully saturated rings. The summed E-state index contributed by atoms with van der Waals surface area (Å²) in [5.41, 5.74) is 4.71. The second kappa shape index (κ2) is 6.91. The number of hydrogen-bond acceptors (Lipinski definition) is 2. The summed E-state index contributed by atoms with van der Waals surface area (Å²) < 4.78 is 2.00. The molecular formula is C16H22ClN3. The summed E-state index contributed by atoms with van der Waals surface area (Å²) in [6.45, 7) is 8.46. The molecule has 0 amide bonds. The third-order valence-electron chi connectivity index (χ3n) is 3.49. The summed E-state index contributed by atoms with van der Waals surface area (Å²) in [6, 6.07) is 7.80. The van der Waals surface area contributed by atoms with Gasteiger partial charge in [-0.3, -0.25) is 0 Å². The van der Waals surface area contributed by atoms with Gasteiger partial charge in [-0.15, -0.1) is 0 Å². The first-order valence-corrected chi connectivity index (χ1v) is 7.53. The Hall–Kier alpha value is -1.32. The van der Waals surface area contributed by atoms with Gasteiger partial charge in [0.25, 0.3) is 0 Å². The molecule has 0 aliphatic heterocycles. The molecule has 1 aromatic carbocycles. The first-order chi connectivity index (χ1) is 9.63. The van der Waals surface area contributed by atoms with Crippen molar-refractivity contribution in [2.24, 2.45) is 0 Å². The Kier molecular flexibility index (Phi) is 5.21. The van der Waals surface area contributed by atoms with Gasteiger partial charge >= 0.3 is 0 Å². The van der Waals surface area contributed by atoms with E-state index in [0.29, 0.717) is 0 Å². The molecular weight excluding hydrogens is 270 g/mol. The molecule has 0 saturated carbocycles. The van der Waals surface area contributed by atoms with Crippen LogP contribution in [-0.4, -0.2) is 22.9 Å². The molecule has 4 heteroatoms. The SMILES string of the molecule is CCCNCCc1c(C)nn(-c2ccc(Cl)cc2)c1C. The van der Waals surface area contributed by atoms with Gasteiger partial charge in [-0.25, -0.2) is 4.68 Å². The van der Waals surface area contributed by atoms with Crippen molar-refractivity contribution in [3.8, 4) is 5.69 Å². The van der Waals surface area contributed by atoms with Gasteiger partial charge in [0.05, 0.1) is 11.4 Å². The van der Waals surface area contributed by atoms with E-state index in [2.05, 4.69) is 31.2 Å². The van der Waals surface area contributed by atoms with Crippen LogP contribution in [0.1, 0.15) is 30.3 Å². The number of nitrogens with one attached hydrogen (secondary N) is 1. The summed E-state index contributed by atoms with van der Waals surface area (Å²) in [4.78, 5) is 0. The monoisotopic (exact) mass is 291 g/mol. The molecule has 0 bridgehead atoms. The first-order valence-electron chi connectivity index (χ1n) is 7.15. The molecule has 108 valence electrons. The Bertz CT molecular complexity index is 558. The van der Waals surface area contributed by atoms with E-state index in [-0.39, 0.29) is 0 Å². The highest BCUT2D eigenvalue weighted by atomic mass is 35.5. The molecule has 0 spiro atoms. The molecule has 3 nitrogen and oxygen atoms in total. The molecule has 20 heavy (non-hydrogen) atoms. The third kappa shape index (κ3) is 3.41. The minimum Gasteiger partial charge on any atom is -0.316 e. The molecule has 0 atom stereocenters. The van der Waals surface area contributed by atoms with Crippen LogP contribution in [0.25, 0.3) is 5.69 Å². The number of benzene rings is 1. The number of aryl methyl sites for hydroxylation is 1. The Morgan fingerprint density at radius 2 is 1.85 bits per heavy atom. The van der Waals surface area contributed by atoms with Crippen molar-refractivity contribution in [3.63, 3.8) is 0 Å². The van der Waals surface area contributed by atoms with E-state index in [1.807, 2.05) is 28.9 Å². The van der Waals surface area contributed by atoms with E-state index < -0.39 is 0 Å². The average molecular weight is 292 g/mol. The molecule has 0 radical (unpaired) electrons. The van der Waals surface area contributed by atoms with Crippen molar-refractivity contribution in [3.05, 3.63) is 46.2 Å². The number of rotatable bonds is 6. The Labute approximate surface area is 126 Å². The minimum absolute atomic E-state index is 0.749. The van der Waals surface area contributed by atoms with Crippen LogP contribution < -0.4 is 5.32 Å². The predicted molar refractivity (Wildman–Crippen MR) is 84.9 cm³/mol. The van der Waals surface area contributed by atoms with Gasteiger partial charge in [0, 0.05) is 10.7 Å². The van der Waals surface area contributed by atoms with Gasteiger partial charge in [-0.1, -0.05) is 18.5 Å². The third-order valence-corrected chi connectivity index (χ3v) is 3.74. The lowest BCUT2D eigenvalue weighted by Gasteiger charge is -2.06. The summed E-state index contributed by atoms with van der Waals surface area (Å²) in [6.07, 6.45) is 2.19. The maximum absolute atomic E-state index is 5.94. The zero-order chi connectivity index (χ0) is 14.5. The van der Waals surface area contributed by atoms with Crippen molar-refractivity contribution in [2.45, 2.75) is 33.6 Å². The van der Waals surface area contributed by atoms with Crippen LogP contribution >= 0.6 is 11.6 Å². The number of hydrogen-bond donors (Lipinski definition) is 1. The van der Waals surface area contributed by atoms with Crippen molar-refractivity contribution in [2.75, 3.05) is 13.1 Å². The fourth-order valence-corrected chi connectivity index (χ4v) is 2.51. The van der Waals surface area contributed by atoms with Gasteiger partial charge < -0.3 is 5.32 Å². The second-order valence-electron chi connectivity index (χ2n) is 5.04. The molecule has 1 aromatic heterocycles. The second-order valence-corrected chi connectivity index (χ2v) is 5.47. The van der Waals surface area contributed by atoms with Gasteiger partial charge in [-0.2, -0.15) is 5.10 Å². The lowest BCUT2D eigenvalue weighted by molar-refractivity contribution is 0.669. The molecule has 0 aliphatic carbocycles. The Balaban J connectivity index is 2.17. The lowest BCUT2D eigenvalue weighted by Crippen LogP contribution is -2.18. The first kappa shape index (κ1) is 15.1. The molecule has 2 aromatic rings. The standard InChI is InChI=1S/C16H22ClN3/c1-4-10-18-11-9-16-12(2)19-20(13(16)3)15-7-5-14(17)6-8-15/h5-8,18H,4,9-11H2,1-3H3. The fraction of sp³-hybridized carbons (Fsp3) is 0.438. The molecule has 1 heterocycles. The van der Waals surface area contributed by atoms with Crippen LogP contribution in [-0.2, 0) is 6.42 Å². The summed E-state index contributed by atoms with van der Waals surface area (Å²) in [5, 5.41) is 8.84. The molecule has 0 aliphatic rings. The molecule has 0 saturated heterocycles. The largest absolute Gasteiger partial charge is 0.316 e. The van der Waals surface area contributed by atoms with Crippen LogP contribution in [0.2, 0.25) is 5.02 Å². The predicted octanol–water partition coefficient (Wildman–Crippen LogP) is 3.68. The quantitative estimate of drug-likeness (QED) is 0.823. The van der Waals surface area contributed by atoms with Crippen LogP contribution in [0.3, 0.4) is 0 Å². The van der Waals surface area contributed by atoms with Crippen molar-refractivity contribution in [1.82, 2.24) is 15.1 Å². The number of aromatic nitrogens is 2. The van der Waals surface area contributed by atoms with Crippen molar-refractivity contribution >= 4 is 11.6 Å². The van der Waals surface area contributed by atoms with Crippen LogP contribution in [0.15, 0.2) is 24.3 Å². The average Bonchev–Trinajstić information content (AvgIpc) is 2.72. The number of halogens is 1. The van der Waals surface area contributed by atoms with Gasteiger partial charge in [0.2, 0.25) is 0 Å². The molecule has 0 unspecified atom stereocenters. The summed E-state index contributed by atoms with van der Waals surface area (Å²) in [7, 11) is 0. The van der Waals surface area contributed by atoms with E-state index in [1.165, 1.54) is 17.7 Å². The Morgan fingerprint density at radius 1 is 1.15 bits per heavy atom. The lowest BCUT2D eigenvalue weighted by atomic mass is 10.1. The van der Waals surface area contributed by atoms with Crippen LogP contribution in [0.4, 0.5) is 0 Å². The highest BCUT2D eigenvalue weighted by molar-refractivity contribution is 6.30. The van der Waals surface area contributed by atoms with Crippen LogP contribution in [0.5, 0.6) is 0 Å². The van der Waals surface area contributed by atoms with E-state index in [1.54, 1.807) is 0 Å². The Morgan fingerprint density at radius 3 is 2.50 bits per heavy atom. The minimum atomic E-state index is 0.749. The van der Waals surface area contributed by atoms with E-state index in [4.69, 9.17) is 11.6 Å².